The van der Waals surface area contributed by atoms with E-state index in [1.54, 1.807) is 6.20 Å². The standard InChI is InChI=1S/C21H28N4O2/c1-3-27-14-20(26)25-11-16-10-24(13-19-22-8-9-23-19)12-18(16)21(25)17-7-5-4-6-15(17)2/h4-9,16,18,21H,3,10-14H2,1-2H3,(H,22,23)/t16-,18-,21+/m0/s1. The summed E-state index contributed by atoms with van der Waals surface area (Å²) >= 11 is 0. The Morgan fingerprint density at radius 1 is 1.30 bits per heavy atom. The molecule has 0 spiro atoms. The molecule has 2 fully saturated rings. The number of carbonyl (C=O) groups excluding carboxylic acids is 1. The van der Waals surface area contributed by atoms with Gasteiger partial charge in [-0.25, -0.2) is 4.98 Å². The normalized spacial score (nSPS) is 25.1. The maximum Gasteiger partial charge on any atom is 0.249 e. The van der Waals surface area contributed by atoms with Crippen LogP contribution in [0.2, 0.25) is 0 Å². The van der Waals surface area contributed by atoms with Gasteiger partial charge in [0.05, 0.1) is 12.6 Å². The van der Waals surface area contributed by atoms with E-state index in [1.807, 2.05) is 13.1 Å². The Kier molecular flexibility index (Phi) is 5.27. The Balaban J connectivity index is 1.56. The summed E-state index contributed by atoms with van der Waals surface area (Å²) in [5.74, 6) is 2.06. The molecular weight excluding hydrogens is 340 g/mol. The highest BCUT2D eigenvalue weighted by Gasteiger charge is 2.49. The van der Waals surface area contributed by atoms with Crippen molar-refractivity contribution in [1.29, 1.82) is 0 Å². The molecular formula is C21H28N4O2. The average Bonchev–Trinajstić information content (AvgIpc) is 3.37. The maximum absolute atomic E-state index is 12.8. The molecule has 2 saturated heterocycles. The van der Waals surface area contributed by atoms with Crippen LogP contribution in [0.1, 0.15) is 29.9 Å². The second kappa shape index (κ2) is 7.82. The SMILES string of the molecule is CCOCC(=O)N1C[C@@H]2CN(Cc3ncc[nH]3)C[C@@H]2[C@H]1c1ccccc1C. The summed E-state index contributed by atoms with van der Waals surface area (Å²) in [6.07, 6.45) is 3.67. The molecule has 4 rings (SSSR count). The molecule has 1 aromatic heterocycles. The van der Waals surface area contributed by atoms with Gasteiger partial charge in [-0.3, -0.25) is 9.69 Å². The third-order valence-corrected chi connectivity index (χ3v) is 5.93. The number of fused-ring (bicyclic) bond motifs is 1. The Morgan fingerprint density at radius 2 is 2.15 bits per heavy atom. The number of aromatic amines is 1. The number of hydrogen-bond acceptors (Lipinski definition) is 4. The van der Waals surface area contributed by atoms with Crippen molar-refractivity contribution in [2.45, 2.75) is 26.4 Å². The van der Waals surface area contributed by atoms with Gasteiger partial charge in [0, 0.05) is 44.6 Å². The van der Waals surface area contributed by atoms with Crippen LogP contribution in [0.3, 0.4) is 0 Å². The van der Waals surface area contributed by atoms with Gasteiger partial charge in [-0.1, -0.05) is 24.3 Å². The van der Waals surface area contributed by atoms with Crippen molar-refractivity contribution >= 4 is 5.91 Å². The highest BCUT2D eigenvalue weighted by molar-refractivity contribution is 5.78. The smallest absolute Gasteiger partial charge is 0.249 e. The first-order valence-corrected chi connectivity index (χ1v) is 9.80. The Morgan fingerprint density at radius 3 is 2.89 bits per heavy atom. The molecule has 2 aliphatic heterocycles. The number of imidazole rings is 1. The minimum absolute atomic E-state index is 0.108. The molecule has 0 aliphatic carbocycles. The number of ether oxygens (including phenoxy) is 1. The topological polar surface area (TPSA) is 61.5 Å². The summed E-state index contributed by atoms with van der Waals surface area (Å²) in [5, 5.41) is 0. The van der Waals surface area contributed by atoms with E-state index >= 15 is 0 Å². The van der Waals surface area contributed by atoms with Gasteiger partial charge in [0.15, 0.2) is 0 Å². The van der Waals surface area contributed by atoms with Crippen LogP contribution in [-0.4, -0.2) is 58.5 Å². The van der Waals surface area contributed by atoms with Crippen molar-refractivity contribution < 1.29 is 9.53 Å². The first-order chi connectivity index (χ1) is 13.2. The Hall–Kier alpha value is -2.18. The van der Waals surface area contributed by atoms with Crippen LogP contribution in [0.5, 0.6) is 0 Å². The number of amides is 1. The predicted molar refractivity (Wildman–Crippen MR) is 103 cm³/mol. The molecule has 27 heavy (non-hydrogen) atoms. The average molecular weight is 368 g/mol. The van der Waals surface area contributed by atoms with Crippen LogP contribution >= 0.6 is 0 Å². The number of likely N-dealkylation sites (tertiary alicyclic amines) is 2. The van der Waals surface area contributed by atoms with Crippen molar-refractivity contribution in [1.82, 2.24) is 19.8 Å². The molecule has 0 radical (unpaired) electrons. The summed E-state index contributed by atoms with van der Waals surface area (Å²) in [6.45, 7) is 8.46. The summed E-state index contributed by atoms with van der Waals surface area (Å²) in [7, 11) is 0. The fraction of sp³-hybridized carbons (Fsp3) is 0.524. The molecule has 0 bridgehead atoms. The molecule has 144 valence electrons. The molecule has 2 aromatic rings. The lowest BCUT2D eigenvalue weighted by Gasteiger charge is -2.30. The molecule has 2 aliphatic rings. The number of carbonyl (C=O) groups is 1. The number of benzene rings is 1. The largest absolute Gasteiger partial charge is 0.372 e. The van der Waals surface area contributed by atoms with E-state index in [1.165, 1.54) is 11.1 Å². The Bertz CT molecular complexity index is 776. The second-order valence-corrected chi connectivity index (χ2v) is 7.64. The number of aryl methyl sites for hydroxylation is 1. The fourth-order valence-electron chi connectivity index (χ4n) is 4.71. The molecule has 6 heteroatoms. The number of H-pyrrole nitrogens is 1. The minimum Gasteiger partial charge on any atom is -0.372 e. The number of rotatable bonds is 6. The minimum atomic E-state index is 0.108. The van der Waals surface area contributed by atoms with Crippen molar-refractivity contribution in [3.8, 4) is 0 Å². The van der Waals surface area contributed by atoms with Crippen molar-refractivity contribution in [2.24, 2.45) is 11.8 Å². The lowest BCUT2D eigenvalue weighted by atomic mass is 9.87. The summed E-state index contributed by atoms with van der Waals surface area (Å²) in [4.78, 5) is 24.9. The van der Waals surface area contributed by atoms with Gasteiger partial charge < -0.3 is 14.6 Å². The highest BCUT2D eigenvalue weighted by atomic mass is 16.5. The van der Waals surface area contributed by atoms with Gasteiger partial charge in [-0.2, -0.15) is 0 Å². The van der Waals surface area contributed by atoms with Gasteiger partial charge in [-0.15, -0.1) is 0 Å². The summed E-state index contributed by atoms with van der Waals surface area (Å²) in [5.41, 5.74) is 2.52. The van der Waals surface area contributed by atoms with Crippen molar-refractivity contribution in [2.75, 3.05) is 32.8 Å². The number of nitrogens with one attached hydrogen (secondary N) is 1. The first-order valence-electron chi connectivity index (χ1n) is 9.80. The number of hydrogen-bond donors (Lipinski definition) is 1. The van der Waals surface area contributed by atoms with Crippen LogP contribution < -0.4 is 0 Å². The van der Waals surface area contributed by atoms with E-state index in [0.717, 1.165) is 32.0 Å². The molecule has 1 aromatic carbocycles. The summed E-state index contributed by atoms with van der Waals surface area (Å²) in [6, 6.07) is 8.60. The monoisotopic (exact) mass is 368 g/mol. The second-order valence-electron chi connectivity index (χ2n) is 7.64. The maximum atomic E-state index is 12.8. The zero-order valence-electron chi connectivity index (χ0n) is 16.1. The van der Waals surface area contributed by atoms with Gasteiger partial charge in [0.1, 0.15) is 12.4 Å². The predicted octanol–water partition coefficient (Wildman–Crippen LogP) is 2.39. The molecule has 0 saturated carbocycles. The van der Waals surface area contributed by atoms with Crippen LogP contribution in [-0.2, 0) is 16.1 Å². The first kappa shape index (κ1) is 18.2. The zero-order chi connectivity index (χ0) is 18.8. The van der Waals surface area contributed by atoms with Crippen LogP contribution in [0.15, 0.2) is 36.7 Å². The van der Waals surface area contributed by atoms with Crippen LogP contribution in [0.4, 0.5) is 0 Å². The lowest BCUT2D eigenvalue weighted by molar-refractivity contribution is -0.137. The molecule has 0 unspecified atom stereocenters. The van der Waals surface area contributed by atoms with Crippen LogP contribution in [0.25, 0.3) is 0 Å². The molecule has 6 nitrogen and oxygen atoms in total. The lowest BCUT2D eigenvalue weighted by Crippen LogP contribution is -2.38. The molecule has 3 atom stereocenters. The van der Waals surface area contributed by atoms with E-state index in [0.29, 0.717) is 18.4 Å². The molecule has 1 N–H and O–H groups in total. The van der Waals surface area contributed by atoms with Crippen molar-refractivity contribution in [3.05, 3.63) is 53.6 Å². The van der Waals surface area contributed by atoms with E-state index in [2.05, 4.69) is 51.0 Å². The molecule has 3 heterocycles. The highest BCUT2D eigenvalue weighted by Crippen LogP contribution is 2.46. The van der Waals surface area contributed by atoms with Gasteiger partial charge in [-0.05, 0) is 30.9 Å². The zero-order valence-corrected chi connectivity index (χ0v) is 16.1. The molecule has 1 amide bonds. The van der Waals surface area contributed by atoms with Gasteiger partial charge >= 0.3 is 0 Å². The number of aromatic nitrogens is 2. The third kappa shape index (κ3) is 3.64. The summed E-state index contributed by atoms with van der Waals surface area (Å²) < 4.78 is 5.42. The van der Waals surface area contributed by atoms with Gasteiger partial charge in [0.2, 0.25) is 5.91 Å². The van der Waals surface area contributed by atoms with Crippen molar-refractivity contribution in [3.63, 3.8) is 0 Å². The van der Waals surface area contributed by atoms with E-state index in [4.69, 9.17) is 4.74 Å². The third-order valence-electron chi connectivity index (χ3n) is 5.93. The van der Waals surface area contributed by atoms with E-state index < -0.39 is 0 Å². The van der Waals surface area contributed by atoms with Crippen LogP contribution in [0, 0.1) is 18.8 Å². The van der Waals surface area contributed by atoms with Gasteiger partial charge in [0.25, 0.3) is 0 Å². The number of nitrogens with zero attached hydrogens (tertiary/aromatic N) is 3. The fourth-order valence-corrected chi connectivity index (χ4v) is 4.71. The van der Waals surface area contributed by atoms with E-state index in [-0.39, 0.29) is 18.6 Å². The quantitative estimate of drug-likeness (QED) is 0.850. The van der Waals surface area contributed by atoms with E-state index in [9.17, 15) is 4.79 Å². The Labute approximate surface area is 160 Å².